The van der Waals surface area contributed by atoms with Crippen molar-refractivity contribution in [3.05, 3.63) is 63.6 Å². The Balaban J connectivity index is 1.70. The molecule has 36 heavy (non-hydrogen) atoms. The van der Waals surface area contributed by atoms with Crippen LogP contribution in [0.15, 0.2) is 52.1 Å². The monoisotopic (exact) mass is 558 g/mol. The number of carboxylic acid groups (broad SMARTS) is 1. The Hall–Kier alpha value is -2.91. The van der Waals surface area contributed by atoms with Gasteiger partial charge in [-0.25, -0.2) is 0 Å². The zero-order valence-electron chi connectivity index (χ0n) is 20.7. The molecule has 194 valence electrons. The molecule has 1 aliphatic rings. The van der Waals surface area contributed by atoms with Crippen LogP contribution in [0.4, 0.5) is 5.69 Å². The summed E-state index contributed by atoms with van der Waals surface area (Å²) in [6.45, 7) is 3.46. The van der Waals surface area contributed by atoms with E-state index < -0.39 is 12.1 Å². The smallest absolute Gasteiger partial charge is 0.317 e. The van der Waals surface area contributed by atoms with E-state index in [0.29, 0.717) is 36.8 Å². The van der Waals surface area contributed by atoms with Gasteiger partial charge < -0.3 is 21.0 Å². The number of hydrogen-bond donors (Lipinski definition) is 3. The maximum Gasteiger partial charge on any atom is 0.317 e. The SMILES string of the molecule is CCN(CC(=O)O)Cc1cc(/C=N\OC(C(=O)NCC2CCCCC2)c2cccc(Br)c2)ccc1N. The van der Waals surface area contributed by atoms with Gasteiger partial charge in [-0.15, -0.1) is 0 Å². The van der Waals surface area contributed by atoms with Crippen molar-refractivity contribution in [2.75, 3.05) is 25.4 Å². The van der Waals surface area contributed by atoms with Crippen molar-refractivity contribution in [3.8, 4) is 0 Å². The number of amides is 1. The van der Waals surface area contributed by atoms with E-state index in [1.807, 2.05) is 37.3 Å². The molecule has 0 bridgehead atoms. The van der Waals surface area contributed by atoms with Crippen LogP contribution in [0.3, 0.4) is 0 Å². The fourth-order valence-corrected chi connectivity index (χ4v) is 4.78. The number of nitrogen functional groups attached to an aromatic ring is 1. The molecule has 0 saturated heterocycles. The van der Waals surface area contributed by atoms with Crippen molar-refractivity contribution < 1.29 is 19.5 Å². The number of likely N-dealkylation sites (N-methyl/N-ethyl adjacent to an activating group) is 1. The van der Waals surface area contributed by atoms with E-state index >= 15 is 0 Å². The summed E-state index contributed by atoms with van der Waals surface area (Å²) in [6, 6.07) is 12.9. The van der Waals surface area contributed by atoms with E-state index in [0.717, 1.165) is 28.4 Å². The number of nitrogens with two attached hydrogens (primary N) is 1. The lowest BCUT2D eigenvalue weighted by Crippen LogP contribution is -2.34. The second-order valence-corrected chi connectivity index (χ2v) is 10.1. The third-order valence-corrected chi connectivity index (χ3v) is 6.91. The Bertz CT molecular complexity index is 1060. The molecule has 0 spiro atoms. The van der Waals surface area contributed by atoms with Gasteiger partial charge in [-0.3, -0.25) is 14.5 Å². The Labute approximate surface area is 221 Å². The van der Waals surface area contributed by atoms with E-state index in [1.165, 1.54) is 25.5 Å². The highest BCUT2D eigenvalue weighted by Crippen LogP contribution is 2.25. The van der Waals surface area contributed by atoms with Crippen LogP contribution in [0.5, 0.6) is 0 Å². The first-order chi connectivity index (χ1) is 17.4. The number of hydrogen-bond acceptors (Lipinski definition) is 6. The van der Waals surface area contributed by atoms with Gasteiger partial charge in [0.15, 0.2) is 0 Å². The molecule has 0 aromatic heterocycles. The molecule has 1 saturated carbocycles. The number of benzene rings is 2. The number of nitrogens with one attached hydrogen (secondary N) is 1. The average Bonchev–Trinajstić information content (AvgIpc) is 2.87. The second-order valence-electron chi connectivity index (χ2n) is 9.18. The third kappa shape index (κ3) is 8.64. The molecule has 8 nitrogen and oxygen atoms in total. The van der Waals surface area contributed by atoms with E-state index in [9.17, 15) is 9.59 Å². The highest BCUT2D eigenvalue weighted by molar-refractivity contribution is 9.10. The molecule has 2 aromatic carbocycles. The number of aliphatic carboxylic acids is 1. The summed E-state index contributed by atoms with van der Waals surface area (Å²) in [5, 5.41) is 16.3. The molecule has 0 aliphatic heterocycles. The van der Waals surface area contributed by atoms with Crippen LogP contribution in [0, 0.1) is 5.92 Å². The van der Waals surface area contributed by atoms with E-state index in [1.54, 1.807) is 17.0 Å². The van der Waals surface area contributed by atoms with Crippen LogP contribution in [-0.2, 0) is 21.0 Å². The summed E-state index contributed by atoms with van der Waals surface area (Å²) in [6.07, 6.45) is 6.63. The van der Waals surface area contributed by atoms with Crippen molar-refractivity contribution in [2.45, 2.75) is 51.7 Å². The third-order valence-electron chi connectivity index (χ3n) is 6.41. The molecule has 1 amide bonds. The number of nitrogens with zero attached hydrogens (tertiary/aromatic N) is 2. The van der Waals surface area contributed by atoms with Gasteiger partial charge in [0.2, 0.25) is 6.10 Å². The number of carbonyl (C=O) groups excluding carboxylic acids is 1. The highest BCUT2D eigenvalue weighted by Gasteiger charge is 2.24. The van der Waals surface area contributed by atoms with Gasteiger partial charge in [-0.2, -0.15) is 0 Å². The van der Waals surface area contributed by atoms with Crippen LogP contribution < -0.4 is 11.1 Å². The Kier molecular flexibility index (Phi) is 10.8. The minimum atomic E-state index is -0.887. The largest absolute Gasteiger partial charge is 0.480 e. The van der Waals surface area contributed by atoms with Gasteiger partial charge in [0, 0.05) is 28.8 Å². The first kappa shape index (κ1) is 27.7. The number of rotatable bonds is 12. The van der Waals surface area contributed by atoms with E-state index in [-0.39, 0.29) is 12.5 Å². The Morgan fingerprint density at radius 3 is 2.72 bits per heavy atom. The molecule has 4 N–H and O–H groups in total. The van der Waals surface area contributed by atoms with Crippen LogP contribution >= 0.6 is 15.9 Å². The summed E-state index contributed by atoms with van der Waals surface area (Å²) in [5.74, 6) is -0.602. The molecule has 3 rings (SSSR count). The van der Waals surface area contributed by atoms with Crippen molar-refractivity contribution in [3.63, 3.8) is 0 Å². The predicted octanol–water partition coefficient (Wildman–Crippen LogP) is 4.73. The molecule has 1 aliphatic carbocycles. The molecular weight excluding hydrogens is 524 g/mol. The predicted molar refractivity (Wildman–Crippen MR) is 145 cm³/mol. The van der Waals surface area contributed by atoms with Crippen LogP contribution in [-0.4, -0.2) is 47.7 Å². The quantitative estimate of drug-likeness (QED) is 0.197. The lowest BCUT2D eigenvalue weighted by atomic mass is 9.89. The molecule has 2 aromatic rings. The van der Waals surface area contributed by atoms with Gasteiger partial charge in [0.25, 0.3) is 5.91 Å². The van der Waals surface area contributed by atoms with Crippen LogP contribution in [0.25, 0.3) is 0 Å². The number of carbonyl (C=O) groups is 2. The first-order valence-corrected chi connectivity index (χ1v) is 13.2. The fraction of sp³-hybridized carbons (Fsp3) is 0.444. The lowest BCUT2D eigenvalue weighted by molar-refractivity contribution is -0.138. The van der Waals surface area contributed by atoms with Crippen LogP contribution in [0.2, 0.25) is 0 Å². The molecule has 1 fully saturated rings. The van der Waals surface area contributed by atoms with Crippen molar-refractivity contribution in [1.82, 2.24) is 10.2 Å². The highest BCUT2D eigenvalue weighted by atomic mass is 79.9. The normalized spacial score (nSPS) is 15.2. The second kappa shape index (κ2) is 14.0. The van der Waals surface area contributed by atoms with Crippen molar-refractivity contribution in [1.29, 1.82) is 0 Å². The molecule has 0 heterocycles. The fourth-order valence-electron chi connectivity index (χ4n) is 4.37. The first-order valence-electron chi connectivity index (χ1n) is 12.4. The molecule has 9 heteroatoms. The number of anilines is 1. The standard InChI is InChI=1S/C27H35BrN4O4/c1-2-32(18-25(33)34)17-22-13-20(11-12-24(22)29)16-31-36-26(21-9-6-10-23(28)14-21)27(35)30-15-19-7-4-3-5-8-19/h6,9-14,16,19,26H,2-5,7-8,15,17-18,29H2,1H3,(H,30,35)(H,33,34)/b31-16-. The van der Waals surface area contributed by atoms with Gasteiger partial charge >= 0.3 is 5.97 Å². The zero-order chi connectivity index (χ0) is 25.9. The average molecular weight is 560 g/mol. The van der Waals surface area contributed by atoms with E-state index in [4.69, 9.17) is 15.7 Å². The summed E-state index contributed by atoms with van der Waals surface area (Å²) >= 11 is 3.46. The minimum Gasteiger partial charge on any atom is -0.480 e. The number of halogens is 1. The lowest BCUT2D eigenvalue weighted by Gasteiger charge is -2.23. The zero-order valence-corrected chi connectivity index (χ0v) is 22.2. The maximum atomic E-state index is 13.1. The maximum absolute atomic E-state index is 13.1. The number of carboxylic acids is 1. The summed E-state index contributed by atoms with van der Waals surface area (Å²) in [5.41, 5.74) is 8.93. The molecule has 1 unspecified atom stereocenters. The van der Waals surface area contributed by atoms with Crippen LogP contribution in [0.1, 0.15) is 61.8 Å². The van der Waals surface area contributed by atoms with Gasteiger partial charge in [0.1, 0.15) is 0 Å². The van der Waals surface area contributed by atoms with Gasteiger partial charge in [-0.05, 0) is 60.7 Å². The topological polar surface area (TPSA) is 117 Å². The van der Waals surface area contributed by atoms with E-state index in [2.05, 4.69) is 26.4 Å². The Morgan fingerprint density at radius 2 is 2.03 bits per heavy atom. The summed E-state index contributed by atoms with van der Waals surface area (Å²) < 4.78 is 0.850. The van der Waals surface area contributed by atoms with Crippen molar-refractivity contribution >= 4 is 39.7 Å². The Morgan fingerprint density at radius 1 is 1.25 bits per heavy atom. The molecular formula is C27H35BrN4O4. The summed E-state index contributed by atoms with van der Waals surface area (Å²) in [4.78, 5) is 31.7. The minimum absolute atomic E-state index is 0.0678. The van der Waals surface area contributed by atoms with Gasteiger partial charge in [0.05, 0.1) is 12.8 Å². The summed E-state index contributed by atoms with van der Waals surface area (Å²) in [7, 11) is 0. The van der Waals surface area contributed by atoms with Gasteiger partial charge in [-0.1, -0.05) is 65.5 Å². The molecule has 0 radical (unpaired) electrons. The number of oxime groups is 1. The molecule has 1 atom stereocenters. The van der Waals surface area contributed by atoms with Crippen molar-refractivity contribution in [2.24, 2.45) is 11.1 Å².